The molecule has 3 aromatic carbocycles. The summed E-state index contributed by atoms with van der Waals surface area (Å²) in [6, 6.07) is 22.4. The lowest BCUT2D eigenvalue weighted by molar-refractivity contribution is -0.479. The van der Waals surface area contributed by atoms with E-state index < -0.39 is 5.25 Å². The fourth-order valence-electron chi connectivity index (χ4n) is 3.60. The van der Waals surface area contributed by atoms with Crippen molar-refractivity contribution in [1.82, 2.24) is 14.8 Å². The Morgan fingerprint density at radius 3 is 2.33 bits per heavy atom. The van der Waals surface area contributed by atoms with Gasteiger partial charge in [-0.3, -0.25) is 14.7 Å². The molecule has 0 aliphatic rings. The molecule has 0 N–H and O–H groups in total. The Kier molecular flexibility index (Phi) is 8.45. The molecule has 0 saturated carbocycles. The van der Waals surface area contributed by atoms with Crippen LogP contribution in [0.2, 0.25) is 5.02 Å². The second-order valence-corrected chi connectivity index (χ2v) is 9.44. The second kappa shape index (κ2) is 11.9. The van der Waals surface area contributed by atoms with Gasteiger partial charge in [-0.2, -0.15) is 0 Å². The normalized spacial score (nSPS) is 11.8. The zero-order chi connectivity index (χ0) is 25.5. The van der Waals surface area contributed by atoms with Crippen molar-refractivity contribution >= 4 is 23.4 Å². The maximum Gasteiger partial charge on any atom is 0.220 e. The highest BCUT2D eigenvalue weighted by Crippen LogP contribution is 2.37. The Labute approximate surface area is 218 Å². The molecule has 0 spiro atoms. The van der Waals surface area contributed by atoms with Gasteiger partial charge < -0.3 is 9.47 Å². The van der Waals surface area contributed by atoms with E-state index in [2.05, 4.69) is 10.2 Å². The van der Waals surface area contributed by atoms with Crippen molar-refractivity contribution in [3.8, 4) is 17.2 Å². The lowest BCUT2D eigenvalue weighted by Crippen LogP contribution is -2.11. The molecule has 0 unspecified atom stereocenters. The van der Waals surface area contributed by atoms with Crippen molar-refractivity contribution in [3.05, 3.63) is 105 Å². The van der Waals surface area contributed by atoms with Crippen molar-refractivity contribution in [2.75, 3.05) is 13.2 Å². The number of aryl methyl sites for hydroxylation is 1. The zero-order valence-corrected chi connectivity index (χ0v) is 21.4. The molecule has 0 radical (unpaired) electrons. The highest BCUT2D eigenvalue weighted by molar-refractivity contribution is 7.99. The predicted molar refractivity (Wildman–Crippen MR) is 140 cm³/mol. The van der Waals surface area contributed by atoms with Crippen LogP contribution in [0.15, 0.2) is 78.0 Å². The van der Waals surface area contributed by atoms with Crippen LogP contribution in [0.5, 0.6) is 11.5 Å². The van der Waals surface area contributed by atoms with Gasteiger partial charge in [0.2, 0.25) is 6.54 Å². The average Bonchev–Trinajstić information content (AvgIpc) is 3.23. The summed E-state index contributed by atoms with van der Waals surface area (Å²) in [5, 5.41) is 20.7. The summed E-state index contributed by atoms with van der Waals surface area (Å²) in [4.78, 5) is 11.2. The summed E-state index contributed by atoms with van der Waals surface area (Å²) in [6.07, 6.45) is 0. The van der Waals surface area contributed by atoms with Gasteiger partial charge in [-0.05, 0) is 61.9 Å². The Morgan fingerprint density at radius 2 is 1.67 bits per heavy atom. The number of halogens is 1. The highest BCUT2D eigenvalue weighted by atomic mass is 35.5. The van der Waals surface area contributed by atoms with Gasteiger partial charge in [0.25, 0.3) is 0 Å². The standard InChI is InChI=1S/C26H25ClN4O4S/c1-3-34-22-14-10-21(11-15-22)31-18(2)28-29-26(31)36-25(16-30(32)33)19-8-12-23(13-9-19)35-17-20-6-4-5-7-24(20)27/h4-15,25H,3,16-17H2,1-2H3/t25-/m0/s1. The van der Waals surface area contributed by atoms with Crippen molar-refractivity contribution in [3.63, 3.8) is 0 Å². The third-order valence-corrected chi connectivity index (χ3v) is 6.92. The van der Waals surface area contributed by atoms with Crippen LogP contribution >= 0.6 is 23.4 Å². The molecule has 36 heavy (non-hydrogen) atoms. The van der Waals surface area contributed by atoms with E-state index in [1.807, 2.05) is 91.2 Å². The molecule has 0 aliphatic carbocycles. The fraction of sp³-hybridized carbons (Fsp3) is 0.231. The number of aromatic nitrogens is 3. The Hall–Kier alpha value is -3.56. The largest absolute Gasteiger partial charge is 0.494 e. The van der Waals surface area contributed by atoms with Gasteiger partial charge in [0, 0.05) is 21.2 Å². The van der Waals surface area contributed by atoms with Gasteiger partial charge in [0.1, 0.15) is 29.2 Å². The van der Waals surface area contributed by atoms with E-state index >= 15 is 0 Å². The lowest BCUT2D eigenvalue weighted by atomic mass is 10.1. The highest BCUT2D eigenvalue weighted by Gasteiger charge is 2.24. The van der Waals surface area contributed by atoms with Gasteiger partial charge in [-0.15, -0.1) is 10.2 Å². The number of thioether (sulfide) groups is 1. The monoisotopic (exact) mass is 524 g/mol. The van der Waals surface area contributed by atoms with E-state index in [1.54, 1.807) is 0 Å². The first-order valence-corrected chi connectivity index (χ1v) is 12.6. The SMILES string of the molecule is CCOc1ccc(-n2c(C)nnc2S[C@@H](C[N+](=O)[O-])c2ccc(OCc3ccccc3Cl)cc2)cc1. The average molecular weight is 525 g/mol. The fourth-order valence-corrected chi connectivity index (χ4v) is 4.97. The number of benzene rings is 3. The van der Waals surface area contributed by atoms with E-state index in [0.717, 1.165) is 22.6 Å². The van der Waals surface area contributed by atoms with E-state index in [-0.39, 0.29) is 11.5 Å². The maximum absolute atomic E-state index is 11.5. The first kappa shape index (κ1) is 25.5. The van der Waals surface area contributed by atoms with Gasteiger partial charge >= 0.3 is 0 Å². The molecule has 1 heterocycles. The van der Waals surface area contributed by atoms with Crippen LogP contribution in [0.3, 0.4) is 0 Å². The third-order valence-electron chi connectivity index (χ3n) is 5.37. The minimum atomic E-state index is -0.470. The smallest absolute Gasteiger partial charge is 0.220 e. The summed E-state index contributed by atoms with van der Waals surface area (Å²) in [7, 11) is 0. The first-order valence-electron chi connectivity index (χ1n) is 11.3. The summed E-state index contributed by atoms with van der Waals surface area (Å²) >= 11 is 7.50. The molecular weight excluding hydrogens is 500 g/mol. The molecule has 0 fully saturated rings. The van der Waals surface area contributed by atoms with E-state index in [0.29, 0.717) is 35.0 Å². The molecule has 4 rings (SSSR count). The molecule has 186 valence electrons. The molecule has 1 atom stereocenters. The summed E-state index contributed by atoms with van der Waals surface area (Å²) in [5.41, 5.74) is 2.53. The second-order valence-electron chi connectivity index (χ2n) is 7.86. The van der Waals surface area contributed by atoms with Crippen molar-refractivity contribution < 1.29 is 14.4 Å². The van der Waals surface area contributed by atoms with Crippen LogP contribution in [-0.4, -0.2) is 32.8 Å². The number of rotatable bonds is 11. The Bertz CT molecular complexity index is 1310. The van der Waals surface area contributed by atoms with E-state index in [4.69, 9.17) is 21.1 Å². The van der Waals surface area contributed by atoms with Crippen LogP contribution < -0.4 is 9.47 Å². The van der Waals surface area contributed by atoms with Crippen LogP contribution in [0.1, 0.15) is 29.1 Å². The summed E-state index contributed by atoms with van der Waals surface area (Å²) < 4.78 is 13.3. The molecule has 1 aromatic heterocycles. The van der Waals surface area contributed by atoms with Crippen molar-refractivity contribution in [1.29, 1.82) is 0 Å². The minimum Gasteiger partial charge on any atom is -0.494 e. The first-order chi connectivity index (χ1) is 17.4. The van der Waals surface area contributed by atoms with Gasteiger partial charge in [0.15, 0.2) is 5.16 Å². The number of nitrogens with zero attached hydrogens (tertiary/aromatic N) is 4. The minimum absolute atomic E-state index is 0.264. The zero-order valence-electron chi connectivity index (χ0n) is 19.8. The van der Waals surface area contributed by atoms with Crippen molar-refractivity contribution in [2.45, 2.75) is 30.9 Å². The van der Waals surface area contributed by atoms with E-state index in [9.17, 15) is 10.1 Å². The molecule has 8 nitrogen and oxygen atoms in total. The molecule has 0 aliphatic heterocycles. The molecular formula is C26H25ClN4O4S. The number of hydrogen-bond donors (Lipinski definition) is 0. The number of ether oxygens (including phenoxy) is 2. The number of nitro groups is 1. The molecule has 0 amide bonds. The molecule has 0 bridgehead atoms. The Balaban J connectivity index is 1.52. The van der Waals surface area contributed by atoms with Crippen LogP contribution in [0.4, 0.5) is 0 Å². The van der Waals surface area contributed by atoms with Crippen LogP contribution in [-0.2, 0) is 6.61 Å². The number of hydrogen-bond acceptors (Lipinski definition) is 7. The topological polar surface area (TPSA) is 92.3 Å². The predicted octanol–water partition coefficient (Wildman–Crippen LogP) is 6.32. The summed E-state index contributed by atoms with van der Waals surface area (Å²) in [5.74, 6) is 2.10. The third kappa shape index (κ3) is 6.35. The van der Waals surface area contributed by atoms with Gasteiger partial charge in [0.05, 0.1) is 6.61 Å². The molecule has 10 heteroatoms. The Morgan fingerprint density at radius 1 is 1.00 bits per heavy atom. The van der Waals surface area contributed by atoms with E-state index in [1.165, 1.54) is 11.8 Å². The maximum atomic E-state index is 11.5. The molecule has 4 aromatic rings. The van der Waals surface area contributed by atoms with Gasteiger partial charge in [-0.1, -0.05) is 53.7 Å². The summed E-state index contributed by atoms with van der Waals surface area (Å²) in [6.45, 7) is 4.43. The molecule has 0 saturated heterocycles. The quantitative estimate of drug-likeness (QED) is 0.129. The lowest BCUT2D eigenvalue weighted by Gasteiger charge is -2.15. The van der Waals surface area contributed by atoms with Crippen molar-refractivity contribution in [2.24, 2.45) is 0 Å². The van der Waals surface area contributed by atoms with Crippen LogP contribution in [0.25, 0.3) is 5.69 Å². The van der Waals surface area contributed by atoms with Crippen LogP contribution in [0, 0.1) is 17.0 Å². The van der Waals surface area contributed by atoms with Gasteiger partial charge in [-0.25, -0.2) is 0 Å².